The van der Waals surface area contributed by atoms with Crippen molar-refractivity contribution in [2.24, 2.45) is 0 Å². The normalized spacial score (nSPS) is 11.7. The van der Waals surface area contributed by atoms with Gasteiger partial charge in [-0.25, -0.2) is 0 Å². The lowest BCUT2D eigenvalue weighted by molar-refractivity contribution is -0.137. The van der Waals surface area contributed by atoms with Crippen LogP contribution < -0.4 is 10.1 Å². The molecule has 0 saturated heterocycles. The zero-order chi connectivity index (χ0) is 15.0. The Morgan fingerprint density at radius 1 is 1.30 bits per heavy atom. The molecule has 0 aromatic heterocycles. The Kier molecular flexibility index (Phi) is 6.56. The van der Waals surface area contributed by atoms with Crippen molar-refractivity contribution in [2.75, 3.05) is 7.11 Å². The monoisotopic (exact) mass is 279 g/mol. The number of aliphatic carboxylic acids is 1. The van der Waals surface area contributed by atoms with E-state index in [0.717, 1.165) is 11.3 Å². The molecule has 0 saturated carbocycles. The van der Waals surface area contributed by atoms with Crippen LogP contribution >= 0.6 is 0 Å². The summed E-state index contributed by atoms with van der Waals surface area (Å²) in [7, 11) is 1.60. The Bertz CT molecular complexity index is 459. The number of hydrogen-bond donors (Lipinski definition) is 2. The molecule has 5 heteroatoms. The van der Waals surface area contributed by atoms with Crippen molar-refractivity contribution in [3.63, 3.8) is 0 Å². The number of amides is 1. The third kappa shape index (κ3) is 5.73. The Balaban J connectivity index is 2.38. The van der Waals surface area contributed by atoms with Crippen LogP contribution in [-0.2, 0) is 9.59 Å². The van der Waals surface area contributed by atoms with Crippen LogP contribution in [0.15, 0.2) is 24.3 Å². The molecule has 0 unspecified atom stereocenters. The molecule has 0 radical (unpaired) electrons. The highest BCUT2D eigenvalue weighted by Gasteiger charge is 2.10. The van der Waals surface area contributed by atoms with Gasteiger partial charge in [-0.1, -0.05) is 12.1 Å². The highest BCUT2D eigenvalue weighted by molar-refractivity contribution is 5.76. The predicted molar refractivity (Wildman–Crippen MR) is 75.7 cm³/mol. The highest BCUT2D eigenvalue weighted by Crippen LogP contribution is 2.18. The molecule has 1 rings (SSSR count). The zero-order valence-corrected chi connectivity index (χ0v) is 11.9. The van der Waals surface area contributed by atoms with Gasteiger partial charge >= 0.3 is 5.97 Å². The SMILES string of the molecule is COc1cccc([C@@H](C)NC(=O)CCCCC(=O)O)c1. The summed E-state index contributed by atoms with van der Waals surface area (Å²) in [4.78, 5) is 22.1. The Morgan fingerprint density at radius 2 is 2.00 bits per heavy atom. The van der Waals surface area contributed by atoms with Crippen molar-refractivity contribution in [1.82, 2.24) is 5.32 Å². The van der Waals surface area contributed by atoms with Gasteiger partial charge in [-0.05, 0) is 37.5 Å². The van der Waals surface area contributed by atoms with Gasteiger partial charge in [0.15, 0.2) is 0 Å². The number of carboxylic acids is 1. The van der Waals surface area contributed by atoms with Gasteiger partial charge in [-0.15, -0.1) is 0 Å². The van der Waals surface area contributed by atoms with Crippen molar-refractivity contribution in [1.29, 1.82) is 0 Å². The van der Waals surface area contributed by atoms with Crippen molar-refractivity contribution in [3.8, 4) is 5.75 Å². The number of carboxylic acid groups (broad SMARTS) is 1. The Labute approximate surface area is 118 Å². The first kappa shape index (κ1) is 16.0. The topological polar surface area (TPSA) is 75.6 Å². The van der Waals surface area contributed by atoms with Crippen molar-refractivity contribution in [2.45, 2.75) is 38.6 Å². The molecule has 1 amide bonds. The van der Waals surface area contributed by atoms with E-state index in [9.17, 15) is 9.59 Å². The van der Waals surface area contributed by atoms with E-state index in [1.807, 2.05) is 31.2 Å². The van der Waals surface area contributed by atoms with Crippen LogP contribution in [-0.4, -0.2) is 24.1 Å². The summed E-state index contributed by atoms with van der Waals surface area (Å²) in [6.45, 7) is 1.91. The minimum Gasteiger partial charge on any atom is -0.497 e. The van der Waals surface area contributed by atoms with Crippen LogP contribution in [0.2, 0.25) is 0 Å². The number of nitrogens with one attached hydrogen (secondary N) is 1. The van der Waals surface area contributed by atoms with Crippen molar-refractivity contribution in [3.05, 3.63) is 29.8 Å². The maximum Gasteiger partial charge on any atom is 0.303 e. The molecular formula is C15H21NO4. The van der Waals surface area contributed by atoms with Gasteiger partial charge in [0, 0.05) is 12.8 Å². The second-order valence-electron chi connectivity index (χ2n) is 4.67. The van der Waals surface area contributed by atoms with Crippen molar-refractivity contribution >= 4 is 11.9 Å². The summed E-state index contributed by atoms with van der Waals surface area (Å²) in [6.07, 6.45) is 1.57. The molecule has 1 atom stereocenters. The van der Waals surface area contributed by atoms with Gasteiger partial charge in [0.25, 0.3) is 0 Å². The number of hydrogen-bond acceptors (Lipinski definition) is 3. The maximum atomic E-state index is 11.7. The van der Waals surface area contributed by atoms with Gasteiger partial charge in [0.2, 0.25) is 5.91 Å². The van der Waals surface area contributed by atoms with Gasteiger partial charge in [-0.2, -0.15) is 0 Å². The molecule has 5 nitrogen and oxygen atoms in total. The first-order valence-corrected chi connectivity index (χ1v) is 6.68. The first-order valence-electron chi connectivity index (χ1n) is 6.68. The molecule has 0 fully saturated rings. The van der Waals surface area contributed by atoms with Crippen LogP contribution in [0.3, 0.4) is 0 Å². The molecule has 0 aliphatic rings. The van der Waals surface area contributed by atoms with Gasteiger partial charge in [0.1, 0.15) is 5.75 Å². The number of rotatable bonds is 8. The molecule has 0 spiro atoms. The number of benzene rings is 1. The second-order valence-corrected chi connectivity index (χ2v) is 4.67. The third-order valence-corrected chi connectivity index (χ3v) is 3.02. The van der Waals surface area contributed by atoms with Crippen LogP contribution in [0, 0.1) is 0 Å². The molecule has 1 aromatic carbocycles. The van der Waals surface area contributed by atoms with Crippen LogP contribution in [0.4, 0.5) is 0 Å². The van der Waals surface area contributed by atoms with Crippen LogP contribution in [0.5, 0.6) is 5.75 Å². The van der Waals surface area contributed by atoms with E-state index >= 15 is 0 Å². The molecule has 110 valence electrons. The summed E-state index contributed by atoms with van der Waals surface area (Å²) in [5.41, 5.74) is 0.975. The van der Waals surface area contributed by atoms with Gasteiger partial charge in [0.05, 0.1) is 13.2 Å². The summed E-state index contributed by atoms with van der Waals surface area (Å²) in [5.74, 6) is -0.133. The minimum absolute atomic E-state index is 0.0642. The Hall–Kier alpha value is -2.04. The van der Waals surface area contributed by atoms with E-state index in [2.05, 4.69) is 5.32 Å². The standard InChI is InChI=1S/C15H21NO4/c1-11(12-6-5-7-13(10-12)20-2)16-14(17)8-3-4-9-15(18)19/h5-7,10-11H,3-4,8-9H2,1-2H3,(H,16,17)(H,18,19)/t11-/m1/s1. The lowest BCUT2D eigenvalue weighted by atomic mass is 10.1. The molecular weight excluding hydrogens is 258 g/mol. The highest BCUT2D eigenvalue weighted by atomic mass is 16.5. The summed E-state index contributed by atoms with van der Waals surface area (Å²) in [6, 6.07) is 7.44. The Morgan fingerprint density at radius 3 is 2.65 bits per heavy atom. The maximum absolute atomic E-state index is 11.7. The summed E-state index contributed by atoms with van der Waals surface area (Å²) >= 11 is 0. The number of carbonyl (C=O) groups is 2. The van der Waals surface area contributed by atoms with E-state index < -0.39 is 5.97 Å². The third-order valence-electron chi connectivity index (χ3n) is 3.02. The molecule has 0 aliphatic carbocycles. The van der Waals surface area contributed by atoms with E-state index in [1.165, 1.54) is 0 Å². The average molecular weight is 279 g/mol. The second kappa shape index (κ2) is 8.19. The number of carbonyl (C=O) groups excluding carboxylic acids is 1. The fraction of sp³-hybridized carbons (Fsp3) is 0.467. The first-order chi connectivity index (χ1) is 9.52. The fourth-order valence-corrected chi connectivity index (χ4v) is 1.87. The predicted octanol–water partition coefficient (Wildman–Crippen LogP) is 2.52. The molecule has 2 N–H and O–H groups in total. The fourth-order valence-electron chi connectivity index (χ4n) is 1.87. The van der Waals surface area contributed by atoms with E-state index in [0.29, 0.717) is 19.3 Å². The van der Waals surface area contributed by atoms with E-state index in [4.69, 9.17) is 9.84 Å². The molecule has 0 heterocycles. The number of methoxy groups -OCH3 is 1. The van der Waals surface area contributed by atoms with Gasteiger partial charge < -0.3 is 15.2 Å². The quantitative estimate of drug-likeness (QED) is 0.717. The lowest BCUT2D eigenvalue weighted by Gasteiger charge is -2.15. The number of unbranched alkanes of at least 4 members (excludes halogenated alkanes) is 1. The van der Waals surface area contributed by atoms with Gasteiger partial charge in [-0.3, -0.25) is 9.59 Å². The summed E-state index contributed by atoms with van der Waals surface area (Å²) in [5, 5.41) is 11.4. The molecule has 0 aliphatic heterocycles. The largest absolute Gasteiger partial charge is 0.497 e. The van der Waals surface area contributed by atoms with Crippen LogP contribution in [0.1, 0.15) is 44.2 Å². The zero-order valence-electron chi connectivity index (χ0n) is 11.9. The molecule has 0 bridgehead atoms. The lowest BCUT2D eigenvalue weighted by Crippen LogP contribution is -2.26. The summed E-state index contributed by atoms with van der Waals surface area (Å²) < 4.78 is 5.14. The van der Waals surface area contributed by atoms with Crippen LogP contribution in [0.25, 0.3) is 0 Å². The van der Waals surface area contributed by atoms with E-state index in [-0.39, 0.29) is 18.4 Å². The van der Waals surface area contributed by atoms with Crippen molar-refractivity contribution < 1.29 is 19.4 Å². The molecule has 20 heavy (non-hydrogen) atoms. The number of ether oxygens (including phenoxy) is 1. The average Bonchev–Trinajstić information content (AvgIpc) is 2.43. The smallest absolute Gasteiger partial charge is 0.303 e. The molecule has 1 aromatic rings. The minimum atomic E-state index is -0.824. The van der Waals surface area contributed by atoms with E-state index in [1.54, 1.807) is 7.11 Å².